The van der Waals surface area contributed by atoms with Crippen LogP contribution in [-0.2, 0) is 4.74 Å². The molecule has 0 bridgehead atoms. The summed E-state index contributed by atoms with van der Waals surface area (Å²) >= 11 is 5.87. The molecule has 1 atom stereocenters. The molecule has 7 heteroatoms. The molecular formula is C17H27ClIN3O2. The van der Waals surface area contributed by atoms with E-state index in [4.69, 9.17) is 21.1 Å². The van der Waals surface area contributed by atoms with Gasteiger partial charge in [0.15, 0.2) is 5.96 Å². The van der Waals surface area contributed by atoms with Gasteiger partial charge in [-0.25, -0.2) is 0 Å². The lowest BCUT2D eigenvalue weighted by molar-refractivity contribution is -0.0945. The van der Waals surface area contributed by atoms with Crippen molar-refractivity contribution in [2.24, 2.45) is 10.4 Å². The van der Waals surface area contributed by atoms with Crippen LogP contribution >= 0.6 is 35.6 Å². The van der Waals surface area contributed by atoms with Crippen LogP contribution in [0.5, 0.6) is 5.75 Å². The summed E-state index contributed by atoms with van der Waals surface area (Å²) in [7, 11) is 0. The van der Waals surface area contributed by atoms with Gasteiger partial charge in [-0.3, -0.25) is 4.99 Å². The fourth-order valence-corrected chi connectivity index (χ4v) is 2.31. The van der Waals surface area contributed by atoms with Crippen molar-refractivity contribution in [3.05, 3.63) is 29.3 Å². The standard InChI is InChI=1S/C17H26ClN3O2.HI/c1-4-19-16(21-10-17(3)11-22-12-17)20-9-13(2)23-15-7-5-14(18)6-8-15;/h5-8,13H,4,9-12H2,1-3H3,(H2,19,20,21);1H. The molecule has 24 heavy (non-hydrogen) atoms. The van der Waals surface area contributed by atoms with Crippen LogP contribution in [0, 0.1) is 5.41 Å². The maximum absolute atomic E-state index is 5.87. The largest absolute Gasteiger partial charge is 0.489 e. The van der Waals surface area contributed by atoms with Crippen LogP contribution in [0.1, 0.15) is 20.8 Å². The highest BCUT2D eigenvalue weighted by atomic mass is 127. The van der Waals surface area contributed by atoms with Crippen molar-refractivity contribution in [1.82, 2.24) is 10.6 Å². The zero-order chi connectivity index (χ0) is 16.7. The van der Waals surface area contributed by atoms with Crippen LogP contribution < -0.4 is 15.4 Å². The Morgan fingerprint density at radius 1 is 1.33 bits per heavy atom. The molecule has 2 N–H and O–H groups in total. The predicted octanol–water partition coefficient (Wildman–Crippen LogP) is 3.32. The zero-order valence-electron chi connectivity index (χ0n) is 14.5. The van der Waals surface area contributed by atoms with Crippen molar-refractivity contribution in [3.63, 3.8) is 0 Å². The Bertz CT molecular complexity index is 521. The molecular weight excluding hydrogens is 441 g/mol. The summed E-state index contributed by atoms with van der Waals surface area (Å²) in [6.07, 6.45) is 0.0163. The van der Waals surface area contributed by atoms with Crippen LogP contribution in [0.3, 0.4) is 0 Å². The van der Waals surface area contributed by atoms with Gasteiger partial charge < -0.3 is 20.1 Å². The van der Waals surface area contributed by atoms with Gasteiger partial charge >= 0.3 is 0 Å². The summed E-state index contributed by atoms with van der Waals surface area (Å²) in [4.78, 5) is 4.64. The van der Waals surface area contributed by atoms with Gasteiger partial charge in [-0.05, 0) is 38.1 Å². The van der Waals surface area contributed by atoms with Gasteiger partial charge in [0.25, 0.3) is 0 Å². The first-order chi connectivity index (χ1) is 11.0. The summed E-state index contributed by atoms with van der Waals surface area (Å²) < 4.78 is 11.1. The minimum Gasteiger partial charge on any atom is -0.489 e. The first-order valence-electron chi connectivity index (χ1n) is 8.03. The average Bonchev–Trinajstić information content (AvgIpc) is 2.50. The van der Waals surface area contributed by atoms with Gasteiger partial charge in [0.1, 0.15) is 11.9 Å². The second-order valence-corrected chi connectivity index (χ2v) is 6.70. The molecule has 0 amide bonds. The van der Waals surface area contributed by atoms with Crippen molar-refractivity contribution >= 4 is 41.5 Å². The fraction of sp³-hybridized carbons (Fsp3) is 0.588. The predicted molar refractivity (Wildman–Crippen MR) is 110 cm³/mol. The molecule has 1 unspecified atom stereocenters. The van der Waals surface area contributed by atoms with Crippen LogP contribution in [0.2, 0.25) is 5.02 Å². The molecule has 1 aliphatic heterocycles. The van der Waals surface area contributed by atoms with Crippen LogP contribution in [0.4, 0.5) is 0 Å². The molecule has 1 aliphatic rings. The lowest BCUT2D eigenvalue weighted by Gasteiger charge is -2.36. The third kappa shape index (κ3) is 7.03. The highest BCUT2D eigenvalue weighted by molar-refractivity contribution is 14.0. The van der Waals surface area contributed by atoms with Gasteiger partial charge in [-0.1, -0.05) is 18.5 Å². The summed E-state index contributed by atoms with van der Waals surface area (Å²) in [5, 5.41) is 7.28. The van der Waals surface area contributed by atoms with E-state index in [1.165, 1.54) is 0 Å². The Hall–Kier alpha value is -0.730. The van der Waals surface area contributed by atoms with Crippen molar-refractivity contribution in [2.75, 3.05) is 32.8 Å². The molecule has 136 valence electrons. The minimum absolute atomic E-state index is 0. The van der Waals surface area contributed by atoms with E-state index in [0.29, 0.717) is 11.6 Å². The third-order valence-electron chi connectivity index (χ3n) is 3.57. The molecule has 1 saturated heterocycles. The quantitative estimate of drug-likeness (QED) is 0.367. The Balaban J connectivity index is 0.00000288. The fourth-order valence-electron chi connectivity index (χ4n) is 2.18. The second kappa shape index (κ2) is 10.3. The van der Waals surface area contributed by atoms with E-state index in [1.54, 1.807) is 0 Å². The normalized spacial score (nSPS) is 17.2. The van der Waals surface area contributed by atoms with Gasteiger partial charge in [-0.2, -0.15) is 0 Å². The number of ether oxygens (including phenoxy) is 2. The van der Waals surface area contributed by atoms with E-state index >= 15 is 0 Å². The summed E-state index contributed by atoms with van der Waals surface area (Å²) in [6.45, 7) is 10.1. The van der Waals surface area contributed by atoms with Gasteiger partial charge in [0.05, 0.1) is 26.3 Å². The molecule has 1 heterocycles. The number of benzene rings is 1. The van der Waals surface area contributed by atoms with Crippen LogP contribution in [0.15, 0.2) is 29.3 Å². The lowest BCUT2D eigenvalue weighted by atomic mass is 9.89. The number of hydrogen-bond donors (Lipinski definition) is 2. The molecule has 0 saturated carbocycles. The lowest BCUT2D eigenvalue weighted by Crippen LogP contribution is -2.45. The molecule has 1 aromatic carbocycles. The summed E-state index contributed by atoms with van der Waals surface area (Å²) in [5.41, 5.74) is 0.174. The molecule has 2 rings (SSSR count). The Morgan fingerprint density at radius 2 is 2.00 bits per heavy atom. The van der Waals surface area contributed by atoms with E-state index < -0.39 is 0 Å². The Labute approximate surface area is 166 Å². The molecule has 0 spiro atoms. The van der Waals surface area contributed by atoms with E-state index in [0.717, 1.165) is 38.0 Å². The average molecular weight is 468 g/mol. The first kappa shape index (κ1) is 21.3. The monoisotopic (exact) mass is 467 g/mol. The smallest absolute Gasteiger partial charge is 0.191 e. The molecule has 5 nitrogen and oxygen atoms in total. The highest BCUT2D eigenvalue weighted by Gasteiger charge is 2.33. The first-order valence-corrected chi connectivity index (χ1v) is 8.41. The third-order valence-corrected chi connectivity index (χ3v) is 3.82. The topological polar surface area (TPSA) is 54.9 Å². The number of halogens is 2. The van der Waals surface area contributed by atoms with E-state index in [-0.39, 0.29) is 35.5 Å². The van der Waals surface area contributed by atoms with E-state index in [9.17, 15) is 0 Å². The highest BCUT2D eigenvalue weighted by Crippen LogP contribution is 2.26. The summed E-state index contributed by atoms with van der Waals surface area (Å²) in [6, 6.07) is 7.39. The number of nitrogens with one attached hydrogen (secondary N) is 2. The van der Waals surface area contributed by atoms with Crippen LogP contribution in [0.25, 0.3) is 0 Å². The number of nitrogens with zero attached hydrogens (tertiary/aromatic N) is 1. The maximum Gasteiger partial charge on any atom is 0.191 e. The van der Waals surface area contributed by atoms with Crippen molar-refractivity contribution in [2.45, 2.75) is 26.9 Å². The molecule has 0 aromatic heterocycles. The van der Waals surface area contributed by atoms with Gasteiger partial charge in [0.2, 0.25) is 0 Å². The molecule has 0 aliphatic carbocycles. The Kier molecular flexibility index (Phi) is 9.15. The van der Waals surface area contributed by atoms with Crippen LogP contribution in [-0.4, -0.2) is 44.9 Å². The SMILES string of the molecule is CCNC(=NCC1(C)COC1)NCC(C)Oc1ccc(Cl)cc1.I. The maximum atomic E-state index is 5.87. The van der Waals surface area contributed by atoms with Gasteiger partial charge in [0, 0.05) is 17.0 Å². The molecule has 0 radical (unpaired) electrons. The van der Waals surface area contributed by atoms with Gasteiger partial charge in [-0.15, -0.1) is 24.0 Å². The zero-order valence-corrected chi connectivity index (χ0v) is 17.6. The van der Waals surface area contributed by atoms with Crippen molar-refractivity contribution in [3.8, 4) is 5.75 Å². The number of hydrogen-bond acceptors (Lipinski definition) is 3. The Morgan fingerprint density at radius 3 is 2.54 bits per heavy atom. The number of rotatable bonds is 7. The minimum atomic E-state index is 0. The van der Waals surface area contributed by atoms with Crippen molar-refractivity contribution < 1.29 is 9.47 Å². The summed E-state index contributed by atoms with van der Waals surface area (Å²) in [5.74, 6) is 1.62. The van der Waals surface area contributed by atoms with E-state index in [2.05, 4.69) is 29.5 Å². The van der Waals surface area contributed by atoms with E-state index in [1.807, 2.05) is 31.2 Å². The number of aliphatic imine (C=N–C) groups is 1. The van der Waals surface area contributed by atoms with Crippen molar-refractivity contribution in [1.29, 1.82) is 0 Å². The molecule has 1 aromatic rings. The molecule has 1 fully saturated rings. The number of guanidine groups is 1. The second-order valence-electron chi connectivity index (χ2n) is 6.26.